The summed E-state index contributed by atoms with van der Waals surface area (Å²) >= 11 is 2.79. The lowest BCUT2D eigenvalue weighted by Crippen LogP contribution is -2.29. The van der Waals surface area contributed by atoms with Crippen molar-refractivity contribution >= 4 is 61.5 Å². The molecule has 0 radical (unpaired) electrons. The van der Waals surface area contributed by atoms with Gasteiger partial charge in [-0.15, -0.1) is 4.40 Å². The highest BCUT2D eigenvalue weighted by Crippen LogP contribution is 2.34. The molecule has 0 spiro atoms. The number of amidine groups is 1. The fraction of sp³-hybridized carbons (Fsp3) is 0.111. The Hall–Kier alpha value is -1.72. The maximum atomic E-state index is 14.2. The van der Waals surface area contributed by atoms with Gasteiger partial charge in [-0.3, -0.25) is 9.69 Å². The number of likely N-dealkylation sites (N-methyl/N-ethyl adjacent to an activating group) is 1. The van der Waals surface area contributed by atoms with Crippen molar-refractivity contribution < 1.29 is 17.6 Å². The maximum absolute atomic E-state index is 14.2. The van der Waals surface area contributed by atoms with E-state index in [2.05, 4.69) is 4.40 Å². The SMILES string of the molecule is CCN1C(=O)C(=Cc2cccc(I)c2F)SC1=NS(=O)(=O)c1ccccc1. The number of nitrogens with zero attached hydrogens (tertiary/aromatic N) is 2. The van der Waals surface area contributed by atoms with Crippen molar-refractivity contribution in [2.45, 2.75) is 11.8 Å². The Morgan fingerprint density at radius 3 is 2.56 bits per heavy atom. The minimum atomic E-state index is -3.95. The van der Waals surface area contributed by atoms with Gasteiger partial charge in [0.2, 0.25) is 0 Å². The van der Waals surface area contributed by atoms with Crippen molar-refractivity contribution in [2.24, 2.45) is 4.40 Å². The average Bonchev–Trinajstić information content (AvgIpc) is 2.93. The summed E-state index contributed by atoms with van der Waals surface area (Å²) in [4.78, 5) is 14.1. The van der Waals surface area contributed by atoms with Gasteiger partial charge in [0.15, 0.2) is 5.17 Å². The number of rotatable bonds is 4. The lowest BCUT2D eigenvalue weighted by Gasteiger charge is -2.11. The van der Waals surface area contributed by atoms with E-state index in [1.165, 1.54) is 23.1 Å². The summed E-state index contributed by atoms with van der Waals surface area (Å²) in [6.07, 6.45) is 1.42. The van der Waals surface area contributed by atoms with Crippen LogP contribution in [0.2, 0.25) is 0 Å². The molecule has 0 aromatic heterocycles. The van der Waals surface area contributed by atoms with Gasteiger partial charge in [-0.2, -0.15) is 8.42 Å². The molecule has 1 aliphatic rings. The summed E-state index contributed by atoms with van der Waals surface area (Å²) in [5, 5.41) is 0.0589. The lowest BCUT2D eigenvalue weighted by atomic mass is 10.2. The number of halogens is 2. The molecule has 0 aliphatic carbocycles. The highest BCUT2D eigenvalue weighted by Gasteiger charge is 2.34. The second-order valence-corrected chi connectivity index (χ2v) is 9.24. The summed E-state index contributed by atoms with van der Waals surface area (Å²) in [5.41, 5.74) is 0.265. The first-order chi connectivity index (χ1) is 12.8. The van der Waals surface area contributed by atoms with Crippen molar-refractivity contribution in [2.75, 3.05) is 6.54 Å². The van der Waals surface area contributed by atoms with E-state index in [-0.39, 0.29) is 27.1 Å². The van der Waals surface area contributed by atoms with Crippen LogP contribution >= 0.6 is 34.4 Å². The van der Waals surface area contributed by atoms with E-state index < -0.39 is 21.7 Å². The third-order valence-electron chi connectivity index (χ3n) is 3.71. The smallest absolute Gasteiger partial charge is 0.284 e. The molecule has 1 aliphatic heterocycles. The molecule has 0 unspecified atom stereocenters. The van der Waals surface area contributed by atoms with Gasteiger partial charge in [-0.1, -0.05) is 30.3 Å². The first-order valence-corrected chi connectivity index (χ1v) is 11.2. The molecule has 9 heteroatoms. The van der Waals surface area contributed by atoms with Crippen LogP contribution < -0.4 is 0 Å². The molecule has 5 nitrogen and oxygen atoms in total. The van der Waals surface area contributed by atoms with Crippen LogP contribution in [0, 0.1) is 9.39 Å². The molecule has 1 amide bonds. The van der Waals surface area contributed by atoms with E-state index >= 15 is 0 Å². The van der Waals surface area contributed by atoms with E-state index in [1.807, 2.05) is 22.6 Å². The number of thioether (sulfide) groups is 1. The number of amides is 1. The topological polar surface area (TPSA) is 66.8 Å². The highest BCUT2D eigenvalue weighted by molar-refractivity contribution is 14.1. The second-order valence-electron chi connectivity index (χ2n) is 5.47. The Bertz CT molecular complexity index is 1050. The molecule has 1 fully saturated rings. The number of carbonyl (C=O) groups is 1. The van der Waals surface area contributed by atoms with Gasteiger partial charge in [0.25, 0.3) is 15.9 Å². The van der Waals surface area contributed by atoms with Crippen molar-refractivity contribution in [1.29, 1.82) is 0 Å². The summed E-state index contributed by atoms with van der Waals surface area (Å²) < 4.78 is 43.5. The fourth-order valence-corrected chi connectivity index (χ4v) is 5.15. The van der Waals surface area contributed by atoms with E-state index in [1.54, 1.807) is 43.3 Å². The number of hydrogen-bond donors (Lipinski definition) is 0. The normalized spacial score (nSPS) is 17.9. The first kappa shape index (κ1) is 20.0. The Morgan fingerprint density at radius 2 is 1.89 bits per heavy atom. The van der Waals surface area contributed by atoms with Gasteiger partial charge in [0, 0.05) is 15.7 Å². The predicted octanol–water partition coefficient (Wildman–Crippen LogP) is 4.11. The van der Waals surface area contributed by atoms with Crippen LogP contribution in [-0.4, -0.2) is 30.9 Å². The van der Waals surface area contributed by atoms with Gasteiger partial charge in [0.1, 0.15) is 5.82 Å². The van der Waals surface area contributed by atoms with Crippen molar-refractivity contribution in [3.8, 4) is 0 Å². The van der Waals surface area contributed by atoms with E-state index in [4.69, 9.17) is 0 Å². The van der Waals surface area contributed by atoms with Crippen molar-refractivity contribution in [1.82, 2.24) is 4.90 Å². The molecule has 140 valence electrons. The Labute approximate surface area is 174 Å². The molecule has 0 N–H and O–H groups in total. The van der Waals surface area contributed by atoms with E-state index in [0.717, 1.165) is 11.8 Å². The fourth-order valence-electron chi connectivity index (χ4n) is 2.38. The molecule has 1 saturated heterocycles. The third-order valence-corrected chi connectivity index (χ3v) is 6.95. The van der Waals surface area contributed by atoms with Crippen LogP contribution in [0.1, 0.15) is 12.5 Å². The Kier molecular flexibility index (Phi) is 6.02. The van der Waals surface area contributed by atoms with Gasteiger partial charge < -0.3 is 0 Å². The number of hydrogen-bond acceptors (Lipinski definition) is 4. The molecule has 3 rings (SSSR count). The standard InChI is InChI=1S/C18H14FIN2O3S2/c1-2-22-17(23)15(11-12-7-6-10-14(20)16(12)19)26-18(22)21-27(24,25)13-8-4-3-5-9-13/h3-11H,2H2,1H3. The van der Waals surface area contributed by atoms with Gasteiger partial charge in [0.05, 0.1) is 9.80 Å². The van der Waals surface area contributed by atoms with Crippen LogP contribution in [0.4, 0.5) is 4.39 Å². The lowest BCUT2D eigenvalue weighted by molar-refractivity contribution is -0.122. The van der Waals surface area contributed by atoms with Crippen LogP contribution in [-0.2, 0) is 14.8 Å². The summed E-state index contributed by atoms with van der Waals surface area (Å²) in [6, 6.07) is 12.7. The molecule has 2 aromatic carbocycles. The van der Waals surface area contributed by atoms with Gasteiger partial charge in [-0.05, 0) is 65.6 Å². The Morgan fingerprint density at radius 1 is 1.19 bits per heavy atom. The second kappa shape index (κ2) is 8.11. The molecule has 2 aromatic rings. The van der Waals surface area contributed by atoms with Crippen molar-refractivity contribution in [3.63, 3.8) is 0 Å². The zero-order valence-electron chi connectivity index (χ0n) is 14.1. The molecular formula is C18H14FIN2O3S2. The van der Waals surface area contributed by atoms with Gasteiger partial charge >= 0.3 is 0 Å². The number of sulfonamides is 1. The number of carbonyl (C=O) groups excluding carboxylic acids is 1. The van der Waals surface area contributed by atoms with Crippen LogP contribution in [0.25, 0.3) is 6.08 Å². The maximum Gasteiger partial charge on any atom is 0.284 e. The monoisotopic (exact) mass is 516 g/mol. The minimum Gasteiger partial charge on any atom is -0.286 e. The summed E-state index contributed by atoms with van der Waals surface area (Å²) in [6.45, 7) is 1.97. The Balaban J connectivity index is 2.00. The van der Waals surface area contributed by atoms with E-state index in [9.17, 15) is 17.6 Å². The van der Waals surface area contributed by atoms with Crippen LogP contribution in [0.15, 0.2) is 62.7 Å². The van der Waals surface area contributed by atoms with E-state index in [0.29, 0.717) is 3.57 Å². The molecule has 0 saturated carbocycles. The van der Waals surface area contributed by atoms with Gasteiger partial charge in [-0.25, -0.2) is 4.39 Å². The zero-order valence-corrected chi connectivity index (χ0v) is 17.9. The summed E-state index contributed by atoms with van der Waals surface area (Å²) in [5.74, 6) is -0.827. The number of benzene rings is 2. The van der Waals surface area contributed by atoms with Crippen molar-refractivity contribution in [3.05, 3.63) is 68.4 Å². The first-order valence-electron chi connectivity index (χ1n) is 7.89. The summed E-state index contributed by atoms with van der Waals surface area (Å²) in [7, 11) is -3.95. The predicted molar refractivity (Wildman–Crippen MR) is 113 cm³/mol. The largest absolute Gasteiger partial charge is 0.286 e. The molecule has 1 heterocycles. The highest BCUT2D eigenvalue weighted by atomic mass is 127. The van der Waals surface area contributed by atoms with Crippen LogP contribution in [0.5, 0.6) is 0 Å². The third kappa shape index (κ3) is 4.25. The quantitative estimate of drug-likeness (QED) is 0.453. The minimum absolute atomic E-state index is 0.0442. The molecule has 27 heavy (non-hydrogen) atoms. The zero-order chi connectivity index (χ0) is 19.6. The molecular weight excluding hydrogens is 502 g/mol. The molecule has 0 bridgehead atoms. The average molecular weight is 516 g/mol. The van der Waals surface area contributed by atoms with Crippen LogP contribution in [0.3, 0.4) is 0 Å². The molecule has 0 atom stereocenters.